The van der Waals surface area contributed by atoms with Gasteiger partial charge >= 0.3 is 12.2 Å². The second-order valence-corrected chi connectivity index (χ2v) is 9.25. The molecule has 0 aliphatic carbocycles. The molecule has 12 heteroatoms. The second kappa shape index (κ2) is 10.4. The number of rotatable bonds is 6. The average Bonchev–Trinajstić information content (AvgIpc) is 3.14. The Kier molecular flexibility index (Phi) is 7.79. The normalized spacial score (nSPS) is 11.4. The van der Waals surface area contributed by atoms with E-state index in [4.69, 9.17) is 21.1 Å². The molecule has 0 aliphatic rings. The van der Waals surface area contributed by atoms with Crippen molar-refractivity contribution in [2.75, 3.05) is 30.5 Å². The lowest BCUT2D eigenvalue weighted by Crippen LogP contribution is -2.35. The molecule has 10 nitrogen and oxygen atoms in total. The van der Waals surface area contributed by atoms with Gasteiger partial charge in [0.2, 0.25) is 11.2 Å². The predicted molar refractivity (Wildman–Crippen MR) is 131 cm³/mol. The maximum absolute atomic E-state index is 14.8. The molecule has 0 radical (unpaired) electrons. The van der Waals surface area contributed by atoms with Crippen molar-refractivity contribution in [3.63, 3.8) is 0 Å². The Hall–Kier alpha value is -3.47. The van der Waals surface area contributed by atoms with E-state index in [1.807, 2.05) is 6.92 Å². The zero-order valence-corrected chi connectivity index (χ0v) is 21.3. The van der Waals surface area contributed by atoms with Crippen LogP contribution >= 0.6 is 11.6 Å². The number of aromatic nitrogens is 4. The van der Waals surface area contributed by atoms with Crippen LogP contribution in [0.15, 0.2) is 24.4 Å². The van der Waals surface area contributed by atoms with Crippen molar-refractivity contribution < 1.29 is 23.5 Å². The fraction of sp³-hybridized carbons (Fsp3) is 0.435. The highest BCUT2D eigenvalue weighted by Gasteiger charge is 2.30. The average molecular weight is 507 g/mol. The highest BCUT2D eigenvalue weighted by molar-refractivity contribution is 6.28. The topological polar surface area (TPSA) is 103 Å². The molecule has 1 amide bonds. The molecule has 2 heterocycles. The zero-order valence-electron chi connectivity index (χ0n) is 20.5. The Labute approximate surface area is 207 Å². The molecular weight excluding hydrogens is 479 g/mol. The van der Waals surface area contributed by atoms with Crippen LogP contribution in [0.5, 0.6) is 0 Å². The van der Waals surface area contributed by atoms with Crippen molar-refractivity contribution in [3.8, 4) is 0 Å². The van der Waals surface area contributed by atoms with Gasteiger partial charge in [0.25, 0.3) is 0 Å². The molecule has 0 saturated carbocycles. The van der Waals surface area contributed by atoms with E-state index in [0.717, 1.165) is 17.5 Å². The van der Waals surface area contributed by atoms with Crippen molar-refractivity contribution in [2.24, 2.45) is 0 Å². The van der Waals surface area contributed by atoms with E-state index in [2.05, 4.69) is 15.0 Å². The molecule has 0 saturated heterocycles. The van der Waals surface area contributed by atoms with Gasteiger partial charge < -0.3 is 14.4 Å². The Morgan fingerprint density at radius 1 is 1.20 bits per heavy atom. The van der Waals surface area contributed by atoms with E-state index >= 15 is 0 Å². The second-order valence-electron chi connectivity index (χ2n) is 8.91. The lowest BCUT2D eigenvalue weighted by Gasteiger charge is -2.27. The van der Waals surface area contributed by atoms with Crippen LogP contribution in [-0.4, -0.2) is 58.0 Å². The molecule has 0 fully saturated rings. The van der Waals surface area contributed by atoms with Gasteiger partial charge in [-0.2, -0.15) is 4.98 Å². The van der Waals surface area contributed by atoms with Crippen molar-refractivity contribution in [1.29, 1.82) is 0 Å². The summed E-state index contributed by atoms with van der Waals surface area (Å²) in [6.45, 7) is 7.28. The van der Waals surface area contributed by atoms with Crippen LogP contribution in [0.25, 0.3) is 11.0 Å². The first-order valence-corrected chi connectivity index (χ1v) is 11.4. The number of amides is 1. The van der Waals surface area contributed by atoms with Gasteiger partial charge in [-0.25, -0.2) is 33.4 Å². The minimum absolute atomic E-state index is 0.174. The monoisotopic (exact) mass is 506 g/mol. The van der Waals surface area contributed by atoms with Gasteiger partial charge in [0.05, 0.1) is 29.5 Å². The number of hydrogen-bond donors (Lipinski definition) is 0. The van der Waals surface area contributed by atoms with E-state index < -0.39 is 29.4 Å². The summed E-state index contributed by atoms with van der Waals surface area (Å²) in [7, 11) is 3.48. The summed E-state index contributed by atoms with van der Waals surface area (Å²) >= 11 is 5.90. The molecule has 0 spiro atoms. The summed E-state index contributed by atoms with van der Waals surface area (Å²) in [6, 6.07) is 4.66. The van der Waals surface area contributed by atoms with Crippen molar-refractivity contribution in [1.82, 2.24) is 19.5 Å². The van der Waals surface area contributed by atoms with Gasteiger partial charge in [-0.15, -0.1) is 0 Å². The highest BCUT2D eigenvalue weighted by atomic mass is 35.5. The van der Waals surface area contributed by atoms with Crippen molar-refractivity contribution in [3.05, 3.63) is 35.5 Å². The van der Waals surface area contributed by atoms with E-state index in [-0.39, 0.29) is 17.6 Å². The Morgan fingerprint density at radius 2 is 1.91 bits per heavy atom. The number of hydrogen-bond acceptors (Lipinski definition) is 8. The van der Waals surface area contributed by atoms with Gasteiger partial charge in [-0.3, -0.25) is 0 Å². The highest BCUT2D eigenvalue weighted by Crippen LogP contribution is 2.33. The first-order valence-electron chi connectivity index (χ1n) is 11.0. The molecule has 0 atom stereocenters. The quantitative estimate of drug-likeness (QED) is 0.317. The number of carbonyl (C=O) groups is 2. The van der Waals surface area contributed by atoms with E-state index in [1.54, 1.807) is 51.9 Å². The van der Waals surface area contributed by atoms with E-state index in [0.29, 0.717) is 23.4 Å². The summed E-state index contributed by atoms with van der Waals surface area (Å²) in [5.74, 6) is -0.955. The molecule has 0 N–H and O–H groups in total. The molecular formula is C23H28ClFN6O4. The van der Waals surface area contributed by atoms with Crippen LogP contribution in [0.4, 0.5) is 31.4 Å². The fourth-order valence-electron chi connectivity index (χ4n) is 3.15. The summed E-state index contributed by atoms with van der Waals surface area (Å²) in [5, 5.41) is -0.254. The summed E-state index contributed by atoms with van der Waals surface area (Å²) in [5.41, 5.74) is 0.112. The number of anilines is 3. The molecule has 35 heavy (non-hydrogen) atoms. The third-order valence-electron chi connectivity index (χ3n) is 4.67. The third-order valence-corrected chi connectivity index (χ3v) is 4.85. The van der Waals surface area contributed by atoms with Gasteiger partial charge in [0.1, 0.15) is 5.60 Å². The molecule has 3 aromatic rings. The number of ether oxygens (including phenoxy) is 2. The van der Waals surface area contributed by atoms with Gasteiger partial charge in [-0.05, 0) is 57.0 Å². The number of carbonyl (C=O) groups excluding carboxylic acids is 2. The first-order chi connectivity index (χ1) is 16.4. The summed E-state index contributed by atoms with van der Waals surface area (Å²) in [4.78, 5) is 40.8. The van der Waals surface area contributed by atoms with E-state index in [9.17, 15) is 14.0 Å². The third kappa shape index (κ3) is 5.97. The van der Waals surface area contributed by atoms with Crippen LogP contribution in [0.3, 0.4) is 0 Å². The summed E-state index contributed by atoms with van der Waals surface area (Å²) in [6.07, 6.45) is 0.915. The number of fused-ring (bicyclic) bond motifs is 1. The minimum atomic E-state index is -0.894. The zero-order chi connectivity index (χ0) is 25.9. The van der Waals surface area contributed by atoms with Crippen LogP contribution < -0.4 is 9.80 Å². The molecule has 188 valence electrons. The molecule has 3 rings (SSSR count). The largest absolute Gasteiger partial charge is 0.449 e. The van der Waals surface area contributed by atoms with Crippen molar-refractivity contribution in [2.45, 2.75) is 46.1 Å². The predicted octanol–water partition coefficient (Wildman–Crippen LogP) is 5.54. The Balaban J connectivity index is 2.19. The number of benzene rings is 1. The Bertz CT molecular complexity index is 1240. The van der Waals surface area contributed by atoms with Crippen molar-refractivity contribution >= 4 is 52.3 Å². The lowest BCUT2D eigenvalue weighted by molar-refractivity contribution is 0.0597. The van der Waals surface area contributed by atoms with Crippen LogP contribution in [0, 0.1) is 5.82 Å². The molecule has 1 aromatic carbocycles. The molecule has 0 bridgehead atoms. The number of imidazole rings is 1. The molecule has 0 aliphatic heterocycles. The maximum Gasteiger partial charge on any atom is 0.421 e. The van der Waals surface area contributed by atoms with Gasteiger partial charge in [0, 0.05) is 14.1 Å². The number of unbranched alkanes of at least 4 members (excludes halogenated alkanes) is 1. The first kappa shape index (κ1) is 26.1. The molecule has 2 aromatic heterocycles. The van der Waals surface area contributed by atoms with E-state index in [1.165, 1.54) is 10.6 Å². The maximum atomic E-state index is 14.8. The SMILES string of the molecule is CCCCOC(=O)n1c(N(C)C)nc2ccc(N(C(=O)OC(C)(C)C)c3nc(Cl)ncc3F)cc21. The smallest absolute Gasteiger partial charge is 0.421 e. The number of halogens is 2. The Morgan fingerprint density at radius 3 is 2.54 bits per heavy atom. The minimum Gasteiger partial charge on any atom is -0.449 e. The molecule has 0 unspecified atom stereocenters. The van der Waals surface area contributed by atoms with Crippen LogP contribution in [0.1, 0.15) is 40.5 Å². The summed E-state index contributed by atoms with van der Waals surface area (Å²) < 4.78 is 27.0. The number of nitrogens with zero attached hydrogens (tertiary/aromatic N) is 6. The van der Waals surface area contributed by atoms with Crippen LogP contribution in [0.2, 0.25) is 5.28 Å². The lowest BCUT2D eigenvalue weighted by atomic mass is 10.2. The van der Waals surface area contributed by atoms with Gasteiger partial charge in [0.15, 0.2) is 11.6 Å². The van der Waals surface area contributed by atoms with Gasteiger partial charge in [-0.1, -0.05) is 13.3 Å². The fourth-order valence-corrected chi connectivity index (χ4v) is 3.28. The standard InChI is InChI=1S/C23H28ClFN6O4/c1-7-8-11-34-21(32)31-17-12-14(9-10-16(17)27-20(31)29(5)6)30(22(33)35-23(2,3)4)18-15(25)13-26-19(24)28-18/h9-10,12-13H,7-8,11H2,1-6H3. The van der Waals surface area contributed by atoms with Crippen LogP contribution in [-0.2, 0) is 9.47 Å².